The Morgan fingerprint density at radius 3 is 2.76 bits per heavy atom. The predicted molar refractivity (Wildman–Crippen MR) is 99.0 cm³/mol. The van der Waals surface area contributed by atoms with Crippen LogP contribution in [0.1, 0.15) is 12.5 Å². The van der Waals surface area contributed by atoms with Crippen LogP contribution in [-0.2, 0) is 4.79 Å². The summed E-state index contributed by atoms with van der Waals surface area (Å²) in [5.41, 5.74) is 3.76. The van der Waals surface area contributed by atoms with Crippen molar-refractivity contribution in [3.63, 3.8) is 0 Å². The number of aromatic amines is 1. The summed E-state index contributed by atoms with van der Waals surface area (Å²) in [6.45, 7) is 3.54. The first-order valence-electron chi connectivity index (χ1n) is 7.74. The van der Waals surface area contributed by atoms with Crippen LogP contribution in [0.15, 0.2) is 53.3 Å². The summed E-state index contributed by atoms with van der Waals surface area (Å²) in [7, 11) is 0. The standard InChI is InChI=1S/C18H17N3O3S/c1-11-6-5-7-13(10-11)24-12(2)16(22)20-21-17(23)14-8-3-4-9-15(14)19-18(21)25/h3-10,12H,1-2H3,(H,19,25)(H,20,22)/t12-/m1/s1. The third kappa shape index (κ3) is 3.61. The molecule has 25 heavy (non-hydrogen) atoms. The van der Waals surface area contributed by atoms with Gasteiger partial charge in [-0.3, -0.25) is 15.0 Å². The van der Waals surface area contributed by atoms with Crippen LogP contribution >= 0.6 is 12.2 Å². The van der Waals surface area contributed by atoms with E-state index >= 15 is 0 Å². The van der Waals surface area contributed by atoms with E-state index < -0.39 is 17.6 Å². The molecule has 1 atom stereocenters. The molecule has 1 aromatic heterocycles. The molecule has 0 bridgehead atoms. The van der Waals surface area contributed by atoms with Crippen molar-refractivity contribution in [1.82, 2.24) is 9.66 Å². The molecule has 0 spiro atoms. The number of para-hydroxylation sites is 1. The largest absolute Gasteiger partial charge is 0.481 e. The number of carbonyl (C=O) groups is 1. The summed E-state index contributed by atoms with van der Waals surface area (Å²) in [5, 5.41) is 0.434. The van der Waals surface area contributed by atoms with Gasteiger partial charge < -0.3 is 9.72 Å². The van der Waals surface area contributed by atoms with Gasteiger partial charge in [0.15, 0.2) is 10.9 Å². The molecule has 0 radical (unpaired) electrons. The topological polar surface area (TPSA) is 76.1 Å². The van der Waals surface area contributed by atoms with Gasteiger partial charge in [-0.1, -0.05) is 24.3 Å². The highest BCUT2D eigenvalue weighted by Crippen LogP contribution is 2.14. The van der Waals surface area contributed by atoms with Crippen molar-refractivity contribution < 1.29 is 9.53 Å². The molecule has 2 N–H and O–H groups in total. The number of ether oxygens (including phenoxy) is 1. The number of carbonyl (C=O) groups excluding carboxylic acids is 1. The maximum Gasteiger partial charge on any atom is 0.281 e. The molecule has 0 saturated carbocycles. The van der Waals surface area contributed by atoms with Crippen molar-refractivity contribution in [3.05, 3.63) is 69.2 Å². The SMILES string of the molecule is Cc1cccc(O[C@H](C)C(=O)Nn2c(=S)[nH]c3ccccc3c2=O)c1. The van der Waals surface area contributed by atoms with Gasteiger partial charge in [0.05, 0.1) is 10.9 Å². The number of benzene rings is 2. The quantitative estimate of drug-likeness (QED) is 0.706. The Hall–Kier alpha value is -2.93. The normalized spacial score (nSPS) is 11.9. The van der Waals surface area contributed by atoms with Crippen molar-refractivity contribution in [2.75, 3.05) is 5.43 Å². The maximum atomic E-state index is 12.5. The number of amides is 1. The van der Waals surface area contributed by atoms with Gasteiger partial charge in [-0.15, -0.1) is 0 Å². The van der Waals surface area contributed by atoms with Crippen LogP contribution < -0.4 is 15.7 Å². The smallest absolute Gasteiger partial charge is 0.281 e. The van der Waals surface area contributed by atoms with Crippen molar-refractivity contribution in [2.24, 2.45) is 0 Å². The lowest BCUT2D eigenvalue weighted by molar-refractivity contribution is -0.123. The lowest BCUT2D eigenvalue weighted by Crippen LogP contribution is -2.40. The first kappa shape index (κ1) is 16.9. The van der Waals surface area contributed by atoms with Gasteiger partial charge in [0.1, 0.15) is 5.75 Å². The first-order chi connectivity index (χ1) is 12.0. The van der Waals surface area contributed by atoms with Gasteiger partial charge in [0.2, 0.25) is 0 Å². The van der Waals surface area contributed by atoms with Crippen LogP contribution in [0.5, 0.6) is 5.75 Å². The molecule has 0 fully saturated rings. The van der Waals surface area contributed by atoms with E-state index in [1.54, 1.807) is 37.3 Å². The zero-order chi connectivity index (χ0) is 18.0. The zero-order valence-corrected chi connectivity index (χ0v) is 14.6. The third-order valence-corrected chi connectivity index (χ3v) is 3.98. The summed E-state index contributed by atoms with van der Waals surface area (Å²) >= 11 is 5.17. The lowest BCUT2D eigenvalue weighted by atomic mass is 10.2. The molecular weight excluding hydrogens is 338 g/mol. The predicted octanol–water partition coefficient (Wildman–Crippen LogP) is 2.91. The Balaban J connectivity index is 1.84. The minimum atomic E-state index is -0.797. The Labute approximate surface area is 149 Å². The molecule has 0 aliphatic heterocycles. The molecule has 0 saturated heterocycles. The van der Waals surface area contributed by atoms with E-state index in [0.717, 1.165) is 10.2 Å². The summed E-state index contributed by atoms with van der Waals surface area (Å²) in [6.07, 6.45) is -0.797. The number of aryl methyl sites for hydroxylation is 1. The summed E-state index contributed by atoms with van der Waals surface area (Å²) in [5.74, 6) is 0.108. The second-order valence-electron chi connectivity index (χ2n) is 5.67. The van der Waals surface area contributed by atoms with Gasteiger partial charge in [-0.2, -0.15) is 4.68 Å². The highest BCUT2D eigenvalue weighted by atomic mass is 32.1. The van der Waals surface area contributed by atoms with Gasteiger partial charge in [-0.05, 0) is 55.9 Å². The molecular formula is C18H17N3O3S. The zero-order valence-electron chi connectivity index (χ0n) is 13.8. The highest BCUT2D eigenvalue weighted by molar-refractivity contribution is 7.71. The Morgan fingerprint density at radius 1 is 1.24 bits per heavy atom. The van der Waals surface area contributed by atoms with E-state index in [-0.39, 0.29) is 4.77 Å². The van der Waals surface area contributed by atoms with Crippen LogP contribution in [0.2, 0.25) is 0 Å². The average Bonchev–Trinajstić information content (AvgIpc) is 2.58. The molecule has 0 aliphatic carbocycles. The van der Waals surface area contributed by atoms with Gasteiger partial charge >= 0.3 is 0 Å². The number of hydrogen-bond donors (Lipinski definition) is 2. The molecule has 7 heteroatoms. The molecule has 1 heterocycles. The van der Waals surface area contributed by atoms with E-state index in [2.05, 4.69) is 10.4 Å². The second kappa shape index (κ2) is 6.90. The fourth-order valence-electron chi connectivity index (χ4n) is 2.41. The summed E-state index contributed by atoms with van der Waals surface area (Å²) in [4.78, 5) is 27.8. The highest BCUT2D eigenvalue weighted by Gasteiger charge is 2.17. The molecule has 2 aromatic carbocycles. The fourth-order valence-corrected chi connectivity index (χ4v) is 2.65. The molecule has 128 valence electrons. The number of fused-ring (bicyclic) bond motifs is 1. The van der Waals surface area contributed by atoms with E-state index in [0.29, 0.717) is 16.7 Å². The Kier molecular flexibility index (Phi) is 4.67. The lowest BCUT2D eigenvalue weighted by Gasteiger charge is -2.16. The van der Waals surface area contributed by atoms with Crippen molar-refractivity contribution in [2.45, 2.75) is 20.0 Å². The molecule has 3 aromatic rings. The van der Waals surface area contributed by atoms with Crippen LogP contribution in [0.4, 0.5) is 0 Å². The summed E-state index contributed by atoms with van der Waals surface area (Å²) in [6, 6.07) is 14.3. The van der Waals surface area contributed by atoms with E-state index in [4.69, 9.17) is 17.0 Å². The van der Waals surface area contributed by atoms with Gasteiger partial charge in [-0.25, -0.2) is 0 Å². The van der Waals surface area contributed by atoms with E-state index in [1.807, 2.05) is 25.1 Å². The minimum Gasteiger partial charge on any atom is -0.481 e. The first-order valence-corrected chi connectivity index (χ1v) is 8.15. The number of H-pyrrole nitrogens is 1. The van der Waals surface area contributed by atoms with Crippen molar-refractivity contribution >= 4 is 29.0 Å². The third-order valence-electron chi connectivity index (χ3n) is 3.70. The minimum absolute atomic E-state index is 0.111. The fraction of sp³-hybridized carbons (Fsp3) is 0.167. The van der Waals surface area contributed by atoms with Crippen molar-refractivity contribution in [3.8, 4) is 5.75 Å². The van der Waals surface area contributed by atoms with E-state index in [9.17, 15) is 9.59 Å². The Morgan fingerprint density at radius 2 is 2.00 bits per heavy atom. The van der Waals surface area contributed by atoms with Crippen LogP contribution in [0, 0.1) is 11.7 Å². The maximum absolute atomic E-state index is 12.5. The molecule has 1 amide bonds. The monoisotopic (exact) mass is 355 g/mol. The number of aromatic nitrogens is 2. The number of nitrogens with zero attached hydrogens (tertiary/aromatic N) is 1. The summed E-state index contributed by atoms with van der Waals surface area (Å²) < 4.78 is 6.76. The number of rotatable bonds is 4. The number of hydrogen-bond acceptors (Lipinski definition) is 4. The number of nitrogens with one attached hydrogen (secondary N) is 2. The van der Waals surface area contributed by atoms with Gasteiger partial charge in [0.25, 0.3) is 11.5 Å². The van der Waals surface area contributed by atoms with Crippen LogP contribution in [-0.4, -0.2) is 21.7 Å². The molecule has 0 aliphatic rings. The van der Waals surface area contributed by atoms with Crippen molar-refractivity contribution in [1.29, 1.82) is 0 Å². The van der Waals surface area contributed by atoms with Gasteiger partial charge in [0, 0.05) is 0 Å². The second-order valence-corrected chi connectivity index (χ2v) is 6.06. The molecule has 3 rings (SSSR count). The average molecular weight is 355 g/mol. The Bertz CT molecular complexity index is 1060. The van der Waals surface area contributed by atoms with Crippen LogP contribution in [0.25, 0.3) is 10.9 Å². The molecule has 6 nitrogen and oxygen atoms in total. The molecule has 0 unspecified atom stereocenters. The van der Waals surface area contributed by atoms with E-state index in [1.165, 1.54) is 0 Å². The van der Waals surface area contributed by atoms with Crippen LogP contribution in [0.3, 0.4) is 0 Å².